The molecule has 0 bridgehead atoms. The topological polar surface area (TPSA) is 83.5 Å². The van der Waals surface area contributed by atoms with E-state index in [1.807, 2.05) is 42.5 Å². The fraction of sp³-hybridized carbons (Fsp3) is 0.444. The van der Waals surface area contributed by atoms with E-state index < -0.39 is 0 Å². The lowest BCUT2D eigenvalue weighted by molar-refractivity contribution is -0.116. The first-order chi connectivity index (χ1) is 17.6. The molecule has 0 aromatic heterocycles. The van der Waals surface area contributed by atoms with Crippen molar-refractivity contribution in [2.75, 3.05) is 44.4 Å². The third-order valence-electron chi connectivity index (χ3n) is 6.17. The molecule has 0 atom stereocenters. The Balaban J connectivity index is 1.38. The third kappa shape index (κ3) is 7.01. The predicted octanol–water partition coefficient (Wildman–Crippen LogP) is 4.98. The van der Waals surface area contributed by atoms with E-state index in [2.05, 4.69) is 22.2 Å². The van der Waals surface area contributed by atoms with Crippen molar-refractivity contribution < 1.29 is 19.1 Å². The third-order valence-corrected chi connectivity index (χ3v) is 7.04. The Morgan fingerprint density at radius 2 is 1.89 bits per heavy atom. The molecule has 4 rings (SSSR count). The summed E-state index contributed by atoms with van der Waals surface area (Å²) < 4.78 is 11.2. The van der Waals surface area contributed by atoms with E-state index in [-0.39, 0.29) is 11.1 Å². The standard InChI is InChI=1S/C27H34N4O4S/c1-3-16-35-25-17-21(8-11-24(25)34-2)23-19-36-27(33)31(29-23)18-20-6-9-22(10-7-20)28-26(32)12-15-30-13-4-5-14-30/h6-11,17H,3-5,12-16,18-19H2,1-2H3,(H,28,32). The number of hydrogen-bond acceptors (Lipinski definition) is 7. The van der Waals surface area contributed by atoms with Crippen molar-refractivity contribution in [3.05, 3.63) is 53.6 Å². The van der Waals surface area contributed by atoms with E-state index >= 15 is 0 Å². The first kappa shape index (κ1) is 26.0. The number of hydrogen-bond donors (Lipinski definition) is 1. The lowest BCUT2D eigenvalue weighted by Crippen LogP contribution is -2.29. The Kier molecular flexibility index (Phi) is 9.24. The summed E-state index contributed by atoms with van der Waals surface area (Å²) in [4.78, 5) is 27.2. The number of benzene rings is 2. The van der Waals surface area contributed by atoms with Crippen molar-refractivity contribution in [2.24, 2.45) is 5.10 Å². The maximum atomic E-state index is 12.6. The molecule has 2 amide bonds. The number of nitrogens with zero attached hydrogens (tertiary/aromatic N) is 3. The number of rotatable bonds is 11. The quantitative estimate of drug-likeness (QED) is 0.459. The summed E-state index contributed by atoms with van der Waals surface area (Å²) in [6.07, 6.45) is 3.84. The minimum absolute atomic E-state index is 0.0216. The Morgan fingerprint density at radius 1 is 1.11 bits per heavy atom. The van der Waals surface area contributed by atoms with Crippen LogP contribution >= 0.6 is 11.8 Å². The van der Waals surface area contributed by atoms with Crippen molar-refractivity contribution in [3.8, 4) is 11.5 Å². The molecule has 0 spiro atoms. The van der Waals surface area contributed by atoms with Crippen LogP contribution in [0.2, 0.25) is 0 Å². The van der Waals surface area contributed by atoms with Crippen LogP contribution in [0.25, 0.3) is 0 Å². The van der Waals surface area contributed by atoms with Crippen molar-refractivity contribution in [1.82, 2.24) is 9.91 Å². The summed E-state index contributed by atoms with van der Waals surface area (Å²) in [5.41, 5.74) is 3.40. The van der Waals surface area contributed by atoms with Crippen LogP contribution in [0.5, 0.6) is 11.5 Å². The summed E-state index contributed by atoms with van der Waals surface area (Å²) in [6, 6.07) is 13.3. The second-order valence-corrected chi connectivity index (χ2v) is 9.84. The Morgan fingerprint density at radius 3 is 2.61 bits per heavy atom. The molecule has 1 saturated heterocycles. The molecule has 2 aromatic carbocycles. The Hall–Kier alpha value is -3.04. The summed E-state index contributed by atoms with van der Waals surface area (Å²) in [6.45, 7) is 5.99. The van der Waals surface area contributed by atoms with Crippen molar-refractivity contribution in [1.29, 1.82) is 0 Å². The molecule has 0 unspecified atom stereocenters. The molecular weight excluding hydrogens is 476 g/mol. The van der Waals surface area contributed by atoms with Crippen LogP contribution in [-0.4, -0.2) is 65.9 Å². The van der Waals surface area contributed by atoms with E-state index in [0.29, 0.717) is 36.8 Å². The van der Waals surface area contributed by atoms with E-state index in [9.17, 15) is 9.59 Å². The summed E-state index contributed by atoms with van der Waals surface area (Å²) in [5, 5.41) is 9.01. The first-order valence-electron chi connectivity index (χ1n) is 12.5. The minimum atomic E-state index is -0.0889. The first-order valence-corrected chi connectivity index (χ1v) is 13.5. The van der Waals surface area contributed by atoms with Crippen LogP contribution in [-0.2, 0) is 11.3 Å². The zero-order chi connectivity index (χ0) is 25.3. The van der Waals surface area contributed by atoms with Gasteiger partial charge in [0.05, 0.1) is 26.0 Å². The monoisotopic (exact) mass is 510 g/mol. The van der Waals surface area contributed by atoms with Crippen molar-refractivity contribution in [3.63, 3.8) is 0 Å². The molecule has 36 heavy (non-hydrogen) atoms. The van der Waals surface area contributed by atoms with Gasteiger partial charge in [0.15, 0.2) is 11.5 Å². The largest absolute Gasteiger partial charge is 0.493 e. The number of anilines is 1. The zero-order valence-electron chi connectivity index (χ0n) is 21.0. The fourth-order valence-corrected chi connectivity index (χ4v) is 4.94. The molecule has 0 saturated carbocycles. The SMILES string of the molecule is CCCOc1cc(C2=NN(Cc3ccc(NC(=O)CCN4CCCC4)cc3)C(=O)SC2)ccc1OC. The van der Waals surface area contributed by atoms with Crippen LogP contribution in [0.4, 0.5) is 10.5 Å². The summed E-state index contributed by atoms with van der Waals surface area (Å²) in [5.74, 6) is 1.86. The van der Waals surface area contributed by atoms with Gasteiger partial charge in [0, 0.05) is 30.0 Å². The molecule has 2 aliphatic heterocycles. The van der Waals surface area contributed by atoms with Crippen LogP contribution in [0.1, 0.15) is 43.7 Å². The van der Waals surface area contributed by atoms with Gasteiger partial charge < -0.3 is 19.7 Å². The van der Waals surface area contributed by atoms with Crippen LogP contribution in [0, 0.1) is 0 Å². The van der Waals surface area contributed by atoms with Gasteiger partial charge in [-0.3, -0.25) is 9.59 Å². The van der Waals surface area contributed by atoms with Gasteiger partial charge in [0.2, 0.25) is 5.91 Å². The lowest BCUT2D eigenvalue weighted by atomic mass is 10.1. The Labute approximate surface area is 217 Å². The molecule has 9 heteroatoms. The van der Waals surface area contributed by atoms with Crippen LogP contribution in [0.3, 0.4) is 0 Å². The molecular formula is C27H34N4O4S. The van der Waals surface area contributed by atoms with Crippen LogP contribution in [0.15, 0.2) is 47.6 Å². The van der Waals surface area contributed by atoms with Crippen molar-refractivity contribution >= 4 is 34.3 Å². The van der Waals surface area contributed by atoms with E-state index in [1.165, 1.54) is 29.6 Å². The average molecular weight is 511 g/mol. The zero-order valence-corrected chi connectivity index (χ0v) is 21.8. The highest BCUT2D eigenvalue weighted by Crippen LogP contribution is 2.30. The number of carbonyl (C=O) groups excluding carboxylic acids is 2. The van der Waals surface area contributed by atoms with E-state index in [1.54, 1.807) is 7.11 Å². The number of amides is 2. The number of ether oxygens (including phenoxy) is 2. The Bertz CT molecular complexity index is 1080. The summed E-state index contributed by atoms with van der Waals surface area (Å²) in [7, 11) is 1.62. The highest BCUT2D eigenvalue weighted by Gasteiger charge is 2.23. The number of carbonyl (C=O) groups is 2. The second kappa shape index (κ2) is 12.8. The van der Waals surface area contributed by atoms with Crippen molar-refractivity contribution in [2.45, 2.75) is 39.2 Å². The molecule has 192 valence electrons. The van der Waals surface area contributed by atoms with Gasteiger partial charge in [0.25, 0.3) is 0 Å². The number of methoxy groups -OCH3 is 1. The molecule has 8 nitrogen and oxygen atoms in total. The molecule has 2 heterocycles. The maximum absolute atomic E-state index is 12.6. The average Bonchev–Trinajstić information content (AvgIpc) is 3.42. The van der Waals surface area contributed by atoms with Gasteiger partial charge in [-0.05, 0) is 68.2 Å². The number of likely N-dealkylation sites (tertiary alicyclic amines) is 1. The van der Waals surface area contributed by atoms with Gasteiger partial charge >= 0.3 is 5.24 Å². The van der Waals surface area contributed by atoms with Crippen LogP contribution < -0.4 is 14.8 Å². The number of thioether (sulfide) groups is 1. The predicted molar refractivity (Wildman–Crippen MR) is 144 cm³/mol. The molecule has 1 fully saturated rings. The van der Waals surface area contributed by atoms with Gasteiger partial charge in [-0.1, -0.05) is 30.8 Å². The summed E-state index contributed by atoms with van der Waals surface area (Å²) >= 11 is 1.23. The van der Waals surface area contributed by atoms with Gasteiger partial charge in [0.1, 0.15) is 0 Å². The van der Waals surface area contributed by atoms with E-state index in [4.69, 9.17) is 9.47 Å². The van der Waals surface area contributed by atoms with Gasteiger partial charge in [-0.15, -0.1) is 0 Å². The maximum Gasteiger partial charge on any atom is 0.302 e. The normalized spacial score (nSPS) is 16.1. The minimum Gasteiger partial charge on any atom is -0.493 e. The molecule has 0 radical (unpaired) electrons. The lowest BCUT2D eigenvalue weighted by Gasteiger charge is -2.23. The van der Waals surface area contributed by atoms with E-state index in [0.717, 1.165) is 48.6 Å². The molecule has 2 aromatic rings. The van der Waals surface area contributed by atoms with Gasteiger partial charge in [-0.2, -0.15) is 5.10 Å². The smallest absolute Gasteiger partial charge is 0.302 e. The molecule has 2 aliphatic rings. The molecule has 0 aliphatic carbocycles. The second-order valence-electron chi connectivity index (χ2n) is 8.92. The highest BCUT2D eigenvalue weighted by atomic mass is 32.2. The number of hydrazone groups is 1. The highest BCUT2D eigenvalue weighted by molar-refractivity contribution is 8.14. The molecule has 1 N–H and O–H groups in total. The fourth-order valence-electron chi connectivity index (χ4n) is 4.20. The number of nitrogens with one attached hydrogen (secondary N) is 1. The van der Waals surface area contributed by atoms with Gasteiger partial charge in [-0.25, -0.2) is 5.01 Å².